The number of amides is 2. The van der Waals surface area contributed by atoms with Gasteiger partial charge in [0.2, 0.25) is 11.8 Å². The summed E-state index contributed by atoms with van der Waals surface area (Å²) in [5.74, 6) is 0.984. The fourth-order valence-corrected chi connectivity index (χ4v) is 2.95. The summed E-state index contributed by atoms with van der Waals surface area (Å²) in [6.45, 7) is 3.75. The second kappa shape index (κ2) is 9.87. The van der Waals surface area contributed by atoms with Crippen molar-refractivity contribution in [2.75, 3.05) is 30.6 Å². The van der Waals surface area contributed by atoms with Crippen molar-refractivity contribution in [3.05, 3.63) is 48.0 Å². The lowest BCUT2D eigenvalue weighted by atomic mass is 10.2. The van der Waals surface area contributed by atoms with Crippen LogP contribution in [0.5, 0.6) is 11.5 Å². The first kappa shape index (κ1) is 20.6. The monoisotopic (exact) mass is 388 g/mol. The van der Waals surface area contributed by atoms with Crippen molar-refractivity contribution in [1.82, 2.24) is 0 Å². The Hall–Kier alpha value is -2.67. The van der Waals surface area contributed by atoms with Crippen LogP contribution in [-0.4, -0.2) is 37.0 Å². The number of rotatable bonds is 8. The van der Waals surface area contributed by atoms with E-state index in [-0.39, 0.29) is 22.8 Å². The zero-order chi connectivity index (χ0) is 19.8. The van der Waals surface area contributed by atoms with E-state index in [1.807, 2.05) is 31.2 Å². The molecule has 2 aromatic rings. The van der Waals surface area contributed by atoms with E-state index < -0.39 is 0 Å². The van der Waals surface area contributed by atoms with Gasteiger partial charge < -0.3 is 20.1 Å². The standard InChI is InChI=1S/C20H24N2O4S/c1-13-5-7-15(8-6-13)21-19(23)12-27-14(2)20(24)22-16-9-10-17(25-3)18(11-16)26-4/h5-11,14H,12H2,1-4H3,(H,21,23)(H,22,24)/t14-/m0/s1. The minimum atomic E-state index is -0.387. The number of benzene rings is 2. The summed E-state index contributed by atoms with van der Waals surface area (Å²) in [5.41, 5.74) is 2.48. The number of carbonyl (C=O) groups excluding carboxylic acids is 2. The highest BCUT2D eigenvalue weighted by atomic mass is 32.2. The maximum Gasteiger partial charge on any atom is 0.237 e. The van der Waals surface area contributed by atoms with Crippen LogP contribution in [0.25, 0.3) is 0 Å². The van der Waals surface area contributed by atoms with Crippen molar-refractivity contribution >= 4 is 35.0 Å². The number of nitrogens with one attached hydrogen (secondary N) is 2. The van der Waals surface area contributed by atoms with E-state index in [1.165, 1.54) is 18.9 Å². The number of hydrogen-bond acceptors (Lipinski definition) is 5. The molecule has 0 aliphatic carbocycles. The summed E-state index contributed by atoms with van der Waals surface area (Å²) in [6.07, 6.45) is 0. The summed E-state index contributed by atoms with van der Waals surface area (Å²) in [5, 5.41) is 5.25. The lowest BCUT2D eigenvalue weighted by Gasteiger charge is -2.14. The molecule has 27 heavy (non-hydrogen) atoms. The minimum Gasteiger partial charge on any atom is -0.493 e. The molecule has 0 spiro atoms. The fraction of sp³-hybridized carbons (Fsp3) is 0.300. The molecule has 1 atom stereocenters. The van der Waals surface area contributed by atoms with Crippen LogP contribution < -0.4 is 20.1 Å². The highest BCUT2D eigenvalue weighted by Crippen LogP contribution is 2.30. The predicted molar refractivity (Wildman–Crippen MR) is 110 cm³/mol. The van der Waals surface area contributed by atoms with Gasteiger partial charge in [-0.2, -0.15) is 0 Å². The average Bonchev–Trinajstić information content (AvgIpc) is 2.67. The molecule has 2 rings (SSSR count). The van der Waals surface area contributed by atoms with Crippen molar-refractivity contribution < 1.29 is 19.1 Å². The molecular formula is C20H24N2O4S. The van der Waals surface area contributed by atoms with E-state index in [4.69, 9.17) is 9.47 Å². The Balaban J connectivity index is 1.84. The first-order valence-electron chi connectivity index (χ1n) is 8.44. The first-order valence-corrected chi connectivity index (χ1v) is 9.49. The number of hydrogen-bond donors (Lipinski definition) is 2. The van der Waals surface area contributed by atoms with Gasteiger partial charge >= 0.3 is 0 Å². The van der Waals surface area contributed by atoms with Gasteiger partial charge in [0.25, 0.3) is 0 Å². The Bertz CT molecular complexity index is 793. The zero-order valence-electron chi connectivity index (χ0n) is 15.9. The number of aryl methyl sites for hydroxylation is 1. The molecule has 2 amide bonds. The summed E-state index contributed by atoms with van der Waals surface area (Å²) in [4.78, 5) is 24.4. The Kier molecular flexibility index (Phi) is 7.55. The third-order valence-corrected chi connectivity index (χ3v) is 4.96. The van der Waals surface area contributed by atoms with Crippen LogP contribution in [0.1, 0.15) is 12.5 Å². The number of carbonyl (C=O) groups is 2. The maximum atomic E-state index is 12.3. The van der Waals surface area contributed by atoms with E-state index in [1.54, 1.807) is 32.2 Å². The number of thioether (sulfide) groups is 1. The van der Waals surface area contributed by atoms with Gasteiger partial charge in [-0.3, -0.25) is 9.59 Å². The van der Waals surface area contributed by atoms with Gasteiger partial charge in [-0.15, -0.1) is 11.8 Å². The van der Waals surface area contributed by atoms with Crippen LogP contribution in [0.4, 0.5) is 11.4 Å². The molecule has 0 aliphatic rings. The van der Waals surface area contributed by atoms with Crippen molar-refractivity contribution in [3.63, 3.8) is 0 Å². The molecule has 0 heterocycles. The van der Waals surface area contributed by atoms with Crippen molar-refractivity contribution in [2.24, 2.45) is 0 Å². The smallest absolute Gasteiger partial charge is 0.237 e. The summed E-state index contributed by atoms with van der Waals surface area (Å²) in [6, 6.07) is 12.7. The Morgan fingerprint density at radius 1 is 0.963 bits per heavy atom. The highest BCUT2D eigenvalue weighted by molar-refractivity contribution is 8.01. The molecular weight excluding hydrogens is 364 g/mol. The maximum absolute atomic E-state index is 12.3. The Morgan fingerprint density at radius 3 is 2.22 bits per heavy atom. The second-order valence-electron chi connectivity index (χ2n) is 5.93. The van der Waals surface area contributed by atoms with Crippen molar-refractivity contribution in [2.45, 2.75) is 19.1 Å². The SMILES string of the molecule is COc1ccc(NC(=O)[C@H](C)SCC(=O)Nc2ccc(C)cc2)cc1OC. The van der Waals surface area contributed by atoms with Crippen LogP contribution in [0.15, 0.2) is 42.5 Å². The molecule has 0 fully saturated rings. The molecule has 0 unspecified atom stereocenters. The van der Waals surface area contributed by atoms with E-state index in [9.17, 15) is 9.59 Å². The molecule has 2 aromatic carbocycles. The third-order valence-electron chi connectivity index (χ3n) is 3.82. The largest absolute Gasteiger partial charge is 0.493 e. The van der Waals surface area contributed by atoms with Gasteiger partial charge in [-0.05, 0) is 38.1 Å². The predicted octanol–water partition coefficient (Wildman–Crippen LogP) is 3.71. The van der Waals surface area contributed by atoms with Gasteiger partial charge in [0.15, 0.2) is 11.5 Å². The van der Waals surface area contributed by atoms with Crippen LogP contribution in [0.3, 0.4) is 0 Å². The van der Waals surface area contributed by atoms with Crippen LogP contribution >= 0.6 is 11.8 Å². The van der Waals surface area contributed by atoms with Gasteiger partial charge in [0.05, 0.1) is 25.2 Å². The number of ether oxygens (including phenoxy) is 2. The van der Waals surface area contributed by atoms with Crippen LogP contribution in [0.2, 0.25) is 0 Å². The van der Waals surface area contributed by atoms with Gasteiger partial charge in [-0.1, -0.05) is 17.7 Å². The van der Waals surface area contributed by atoms with Gasteiger partial charge in [-0.25, -0.2) is 0 Å². The molecule has 6 nitrogen and oxygen atoms in total. The number of anilines is 2. The van der Waals surface area contributed by atoms with Crippen molar-refractivity contribution in [1.29, 1.82) is 0 Å². The molecule has 7 heteroatoms. The van der Waals surface area contributed by atoms with Gasteiger partial charge in [0, 0.05) is 17.4 Å². The summed E-state index contributed by atoms with van der Waals surface area (Å²) < 4.78 is 10.4. The van der Waals surface area contributed by atoms with Crippen LogP contribution in [-0.2, 0) is 9.59 Å². The lowest BCUT2D eigenvalue weighted by Crippen LogP contribution is -2.25. The molecule has 0 saturated carbocycles. The van der Waals surface area contributed by atoms with Crippen molar-refractivity contribution in [3.8, 4) is 11.5 Å². The molecule has 0 saturated heterocycles. The molecule has 0 radical (unpaired) electrons. The van der Waals surface area contributed by atoms with E-state index >= 15 is 0 Å². The summed E-state index contributed by atoms with van der Waals surface area (Å²) in [7, 11) is 3.09. The molecule has 0 aromatic heterocycles. The fourth-order valence-electron chi connectivity index (χ4n) is 2.27. The van der Waals surface area contributed by atoms with Gasteiger partial charge in [0.1, 0.15) is 0 Å². The molecule has 144 valence electrons. The van der Waals surface area contributed by atoms with E-state index in [0.717, 1.165) is 11.3 Å². The molecule has 2 N–H and O–H groups in total. The first-order chi connectivity index (χ1) is 12.9. The zero-order valence-corrected chi connectivity index (χ0v) is 16.7. The van der Waals surface area contributed by atoms with E-state index in [2.05, 4.69) is 10.6 Å². The minimum absolute atomic E-state index is 0.144. The Labute approximate surface area is 163 Å². The second-order valence-corrected chi connectivity index (χ2v) is 7.26. The normalized spacial score (nSPS) is 11.4. The van der Waals surface area contributed by atoms with Crippen LogP contribution in [0, 0.1) is 6.92 Å². The molecule has 0 aliphatic heterocycles. The molecule has 0 bridgehead atoms. The quantitative estimate of drug-likeness (QED) is 0.721. The van der Waals surface area contributed by atoms with E-state index in [0.29, 0.717) is 17.2 Å². The summed E-state index contributed by atoms with van der Waals surface area (Å²) >= 11 is 1.27. The lowest BCUT2D eigenvalue weighted by molar-refractivity contribution is -0.115. The third kappa shape index (κ3) is 6.21. The highest BCUT2D eigenvalue weighted by Gasteiger charge is 2.16. The number of methoxy groups -OCH3 is 2. The average molecular weight is 388 g/mol. The topological polar surface area (TPSA) is 76.7 Å². The Morgan fingerprint density at radius 2 is 1.59 bits per heavy atom.